The normalized spacial score (nSPS) is 22.3. The Morgan fingerprint density at radius 2 is 2.15 bits per heavy atom. The molecule has 0 bridgehead atoms. The Bertz CT molecular complexity index is 981. The third kappa shape index (κ3) is 2.98. The molecule has 0 spiro atoms. The number of nitrogens with one attached hydrogen (secondary N) is 1. The fraction of sp³-hybridized carbons (Fsp3) is 0.333. The lowest BCUT2D eigenvalue weighted by Crippen LogP contribution is -2.45. The SMILES string of the molecule is O=C1c2ccc(F)cc2CC[C@@H]2CC[C@H](c3nc(-c4ccc[nH]4)cs3)CN12. The lowest BCUT2D eigenvalue weighted by molar-refractivity contribution is 0.0588. The zero-order chi connectivity index (χ0) is 18.4. The van der Waals surface area contributed by atoms with E-state index in [-0.39, 0.29) is 23.7 Å². The van der Waals surface area contributed by atoms with Crippen LogP contribution in [0.3, 0.4) is 0 Å². The van der Waals surface area contributed by atoms with Gasteiger partial charge in [-0.25, -0.2) is 9.37 Å². The summed E-state index contributed by atoms with van der Waals surface area (Å²) in [6.45, 7) is 0.692. The van der Waals surface area contributed by atoms with Gasteiger partial charge in [0, 0.05) is 35.6 Å². The standard InChI is InChI=1S/C21H20FN3OS/c22-15-5-8-17-13(10-15)3-6-16-7-4-14(11-25(16)21(17)26)20-24-19(12-27-20)18-2-1-9-23-18/h1-2,5,8-10,12,14,16,23H,3-4,6-7,11H2/t14-,16+/m0/s1. The smallest absolute Gasteiger partial charge is 0.254 e. The average Bonchev–Trinajstić information content (AvgIpc) is 3.35. The minimum Gasteiger partial charge on any atom is -0.360 e. The molecule has 1 saturated heterocycles. The van der Waals surface area contributed by atoms with Crippen LogP contribution in [0.15, 0.2) is 41.9 Å². The van der Waals surface area contributed by atoms with Crippen LogP contribution in [0.2, 0.25) is 0 Å². The Labute approximate surface area is 161 Å². The molecule has 0 unspecified atom stereocenters. The number of carbonyl (C=O) groups excluding carboxylic acids is 1. The van der Waals surface area contributed by atoms with Gasteiger partial charge in [-0.15, -0.1) is 11.3 Å². The first-order chi connectivity index (χ1) is 13.2. The Morgan fingerprint density at radius 1 is 1.22 bits per heavy atom. The van der Waals surface area contributed by atoms with Crippen LogP contribution in [0.1, 0.15) is 46.1 Å². The molecule has 2 aliphatic rings. The van der Waals surface area contributed by atoms with Gasteiger partial charge in [-0.1, -0.05) is 0 Å². The van der Waals surface area contributed by atoms with Crippen molar-refractivity contribution in [1.29, 1.82) is 0 Å². The van der Waals surface area contributed by atoms with E-state index < -0.39 is 0 Å². The zero-order valence-corrected chi connectivity index (χ0v) is 15.6. The molecule has 0 saturated carbocycles. The molecular formula is C21H20FN3OS. The minimum absolute atomic E-state index is 0.0401. The Hall–Kier alpha value is -2.47. The fourth-order valence-electron chi connectivity index (χ4n) is 4.32. The number of hydrogen-bond donors (Lipinski definition) is 1. The molecule has 4 nitrogen and oxygen atoms in total. The first-order valence-corrected chi connectivity index (χ1v) is 10.3. The molecular weight excluding hydrogens is 361 g/mol. The van der Waals surface area contributed by atoms with Crippen molar-refractivity contribution in [3.63, 3.8) is 0 Å². The number of halogens is 1. The summed E-state index contributed by atoms with van der Waals surface area (Å²) in [5.74, 6) is 0.0400. The highest BCUT2D eigenvalue weighted by Gasteiger charge is 2.36. The Balaban J connectivity index is 1.41. The molecule has 2 atom stereocenters. The number of H-pyrrole nitrogens is 1. The monoisotopic (exact) mass is 381 g/mol. The molecule has 138 valence electrons. The number of fused-ring (bicyclic) bond motifs is 2. The van der Waals surface area contributed by atoms with Crippen molar-refractivity contribution in [3.05, 3.63) is 63.9 Å². The van der Waals surface area contributed by atoms with Crippen LogP contribution in [-0.4, -0.2) is 33.4 Å². The van der Waals surface area contributed by atoms with Crippen molar-refractivity contribution in [2.24, 2.45) is 0 Å². The van der Waals surface area contributed by atoms with Gasteiger partial charge < -0.3 is 9.88 Å². The number of aromatic amines is 1. The highest BCUT2D eigenvalue weighted by Crippen LogP contribution is 2.37. The Morgan fingerprint density at radius 3 is 3.00 bits per heavy atom. The van der Waals surface area contributed by atoms with E-state index in [9.17, 15) is 9.18 Å². The number of aryl methyl sites for hydroxylation is 1. The van der Waals surface area contributed by atoms with Gasteiger partial charge >= 0.3 is 0 Å². The molecule has 2 aliphatic heterocycles. The van der Waals surface area contributed by atoms with Crippen molar-refractivity contribution in [2.75, 3.05) is 6.54 Å². The number of nitrogens with zero attached hydrogens (tertiary/aromatic N) is 2. The number of carbonyl (C=O) groups is 1. The second-order valence-electron chi connectivity index (χ2n) is 7.38. The molecule has 2 aromatic heterocycles. The molecule has 1 N–H and O–H groups in total. The summed E-state index contributed by atoms with van der Waals surface area (Å²) in [4.78, 5) is 23.2. The zero-order valence-electron chi connectivity index (χ0n) is 14.8. The minimum atomic E-state index is -0.265. The van der Waals surface area contributed by atoms with Gasteiger partial charge in [0.15, 0.2) is 0 Å². The number of aromatic nitrogens is 2. The molecule has 0 aliphatic carbocycles. The maximum atomic E-state index is 13.6. The van der Waals surface area contributed by atoms with Crippen LogP contribution in [0.25, 0.3) is 11.4 Å². The van der Waals surface area contributed by atoms with Gasteiger partial charge in [0.1, 0.15) is 5.82 Å². The summed E-state index contributed by atoms with van der Waals surface area (Å²) in [5, 5.41) is 3.17. The van der Waals surface area contributed by atoms with E-state index in [4.69, 9.17) is 4.98 Å². The third-order valence-electron chi connectivity index (χ3n) is 5.76. The molecule has 27 heavy (non-hydrogen) atoms. The first-order valence-electron chi connectivity index (χ1n) is 9.37. The highest BCUT2D eigenvalue weighted by atomic mass is 32.1. The maximum absolute atomic E-state index is 13.6. The maximum Gasteiger partial charge on any atom is 0.254 e. The van der Waals surface area contributed by atoms with Gasteiger partial charge in [-0.05, 0) is 61.6 Å². The van der Waals surface area contributed by atoms with Crippen LogP contribution in [0.5, 0.6) is 0 Å². The molecule has 0 radical (unpaired) electrons. The predicted molar refractivity (Wildman–Crippen MR) is 103 cm³/mol. The Kier molecular flexibility index (Phi) is 4.08. The topological polar surface area (TPSA) is 49.0 Å². The molecule has 6 heteroatoms. The van der Waals surface area contributed by atoms with Crippen molar-refractivity contribution in [1.82, 2.24) is 14.9 Å². The van der Waals surface area contributed by atoms with E-state index in [0.717, 1.165) is 47.6 Å². The van der Waals surface area contributed by atoms with Crippen molar-refractivity contribution in [2.45, 2.75) is 37.6 Å². The number of benzene rings is 1. The van der Waals surface area contributed by atoms with Crippen LogP contribution in [-0.2, 0) is 6.42 Å². The summed E-state index contributed by atoms with van der Waals surface area (Å²) in [7, 11) is 0. The molecule has 1 fully saturated rings. The summed E-state index contributed by atoms with van der Waals surface area (Å²) >= 11 is 1.67. The highest BCUT2D eigenvalue weighted by molar-refractivity contribution is 7.10. The molecule has 5 rings (SSSR count). The lowest BCUT2D eigenvalue weighted by Gasteiger charge is -2.38. The average molecular weight is 381 g/mol. The van der Waals surface area contributed by atoms with Crippen LogP contribution < -0.4 is 0 Å². The van der Waals surface area contributed by atoms with E-state index in [2.05, 4.69) is 10.4 Å². The van der Waals surface area contributed by atoms with Crippen LogP contribution in [0, 0.1) is 5.82 Å². The van der Waals surface area contributed by atoms with E-state index in [1.54, 1.807) is 17.4 Å². The fourth-order valence-corrected chi connectivity index (χ4v) is 5.27. The van der Waals surface area contributed by atoms with Crippen LogP contribution >= 0.6 is 11.3 Å². The van der Waals surface area contributed by atoms with Crippen molar-refractivity contribution >= 4 is 17.2 Å². The van der Waals surface area contributed by atoms with E-state index in [0.29, 0.717) is 12.1 Å². The molecule has 4 heterocycles. The van der Waals surface area contributed by atoms with E-state index in [1.807, 2.05) is 23.2 Å². The molecule has 3 aromatic rings. The van der Waals surface area contributed by atoms with Gasteiger partial charge in [0.25, 0.3) is 5.91 Å². The van der Waals surface area contributed by atoms with Gasteiger partial charge in [0.2, 0.25) is 0 Å². The van der Waals surface area contributed by atoms with Gasteiger partial charge in [-0.2, -0.15) is 0 Å². The number of hydrogen-bond acceptors (Lipinski definition) is 3. The van der Waals surface area contributed by atoms with E-state index in [1.165, 1.54) is 12.1 Å². The van der Waals surface area contributed by atoms with Crippen molar-refractivity contribution in [3.8, 4) is 11.4 Å². The largest absolute Gasteiger partial charge is 0.360 e. The summed E-state index contributed by atoms with van der Waals surface area (Å²) in [6.07, 6.45) is 5.58. The first kappa shape index (κ1) is 16.7. The molecule has 1 amide bonds. The number of amides is 1. The van der Waals surface area contributed by atoms with Crippen LogP contribution in [0.4, 0.5) is 4.39 Å². The number of piperidine rings is 1. The predicted octanol–water partition coefficient (Wildman–Crippen LogP) is 4.61. The van der Waals surface area contributed by atoms with Gasteiger partial charge in [0.05, 0.1) is 16.4 Å². The summed E-state index contributed by atoms with van der Waals surface area (Å²) < 4.78 is 13.6. The lowest BCUT2D eigenvalue weighted by atomic mass is 9.91. The number of thiazole rings is 1. The molecule has 1 aromatic carbocycles. The summed E-state index contributed by atoms with van der Waals surface area (Å²) in [6, 6.07) is 8.78. The second-order valence-corrected chi connectivity index (χ2v) is 8.27. The van der Waals surface area contributed by atoms with Crippen molar-refractivity contribution < 1.29 is 9.18 Å². The third-order valence-corrected chi connectivity index (χ3v) is 6.76. The second kappa shape index (κ2) is 6.60. The quantitative estimate of drug-likeness (QED) is 0.705. The van der Waals surface area contributed by atoms with E-state index >= 15 is 0 Å². The van der Waals surface area contributed by atoms with Gasteiger partial charge in [-0.3, -0.25) is 4.79 Å². The number of rotatable bonds is 2. The summed E-state index contributed by atoms with van der Waals surface area (Å²) in [5.41, 5.74) is 3.48.